The van der Waals surface area contributed by atoms with Crippen molar-refractivity contribution in [2.45, 2.75) is 32.7 Å². The maximum atomic E-state index is 12.6. The molecule has 3 aromatic rings. The fourth-order valence-electron chi connectivity index (χ4n) is 2.93. The summed E-state index contributed by atoms with van der Waals surface area (Å²) in [6.45, 7) is 3.98. The van der Waals surface area contributed by atoms with Gasteiger partial charge in [0.1, 0.15) is 0 Å². The van der Waals surface area contributed by atoms with E-state index in [4.69, 9.17) is 27.6 Å². The van der Waals surface area contributed by atoms with Gasteiger partial charge < -0.3 is 9.32 Å². The number of carbonyl (C=O) groups is 1. The van der Waals surface area contributed by atoms with E-state index >= 15 is 0 Å². The van der Waals surface area contributed by atoms with E-state index in [9.17, 15) is 4.79 Å². The van der Waals surface area contributed by atoms with E-state index in [0.29, 0.717) is 34.5 Å². The molecule has 0 aliphatic heterocycles. The molecular formula is C22H22Cl2N2O2. The number of rotatable bonds is 6. The lowest BCUT2D eigenvalue weighted by molar-refractivity contribution is -0.131. The minimum Gasteiger partial charge on any atom is -0.441 e. The molecular weight excluding hydrogens is 395 g/mol. The second kappa shape index (κ2) is 8.80. The minimum absolute atomic E-state index is 0.00592. The van der Waals surface area contributed by atoms with Crippen LogP contribution in [0.5, 0.6) is 0 Å². The van der Waals surface area contributed by atoms with Crippen LogP contribution in [0, 0.1) is 6.92 Å². The number of amides is 1. The van der Waals surface area contributed by atoms with Crippen molar-refractivity contribution < 1.29 is 9.21 Å². The summed E-state index contributed by atoms with van der Waals surface area (Å²) >= 11 is 12.2. The van der Waals surface area contributed by atoms with Gasteiger partial charge in [0.25, 0.3) is 0 Å². The van der Waals surface area contributed by atoms with Crippen LogP contribution in [0.3, 0.4) is 0 Å². The Kier molecular flexibility index (Phi) is 6.42. The van der Waals surface area contributed by atoms with Gasteiger partial charge in [0, 0.05) is 35.5 Å². The fourth-order valence-corrected chi connectivity index (χ4v) is 3.50. The molecule has 1 heterocycles. The van der Waals surface area contributed by atoms with E-state index in [0.717, 1.165) is 11.1 Å². The van der Waals surface area contributed by atoms with Crippen molar-refractivity contribution in [2.24, 2.45) is 0 Å². The molecule has 0 N–H and O–H groups in total. The quantitative estimate of drug-likeness (QED) is 0.486. The lowest BCUT2D eigenvalue weighted by Gasteiger charge is -2.26. The standard InChI is InChI=1S/C22H22Cl2N2O2/c1-14-4-6-16(7-5-14)20-13-25-21(28-20)10-11-22(27)26(3)15(2)18-9-8-17(23)12-19(18)24/h4-9,12-13,15H,10-11H2,1-3H3. The smallest absolute Gasteiger partial charge is 0.223 e. The van der Waals surface area contributed by atoms with Gasteiger partial charge >= 0.3 is 0 Å². The topological polar surface area (TPSA) is 46.3 Å². The van der Waals surface area contributed by atoms with Crippen LogP contribution < -0.4 is 0 Å². The summed E-state index contributed by atoms with van der Waals surface area (Å²) in [5.41, 5.74) is 3.02. The van der Waals surface area contributed by atoms with Gasteiger partial charge in [-0.15, -0.1) is 0 Å². The van der Waals surface area contributed by atoms with Crippen LogP contribution >= 0.6 is 23.2 Å². The van der Waals surface area contributed by atoms with Gasteiger partial charge in [-0.2, -0.15) is 0 Å². The summed E-state index contributed by atoms with van der Waals surface area (Å²) in [5.74, 6) is 1.25. The lowest BCUT2D eigenvalue weighted by atomic mass is 10.1. The molecule has 6 heteroatoms. The molecule has 0 fully saturated rings. The van der Waals surface area contributed by atoms with E-state index in [1.165, 1.54) is 5.56 Å². The largest absolute Gasteiger partial charge is 0.441 e. The third-order valence-corrected chi connectivity index (χ3v) is 5.39. The van der Waals surface area contributed by atoms with Gasteiger partial charge in [-0.25, -0.2) is 4.98 Å². The van der Waals surface area contributed by atoms with Gasteiger partial charge in [-0.3, -0.25) is 4.79 Å². The van der Waals surface area contributed by atoms with Crippen molar-refractivity contribution in [3.05, 3.63) is 75.7 Å². The molecule has 3 rings (SSSR count). The summed E-state index contributed by atoms with van der Waals surface area (Å²) in [6, 6.07) is 13.2. The molecule has 28 heavy (non-hydrogen) atoms. The Morgan fingerprint density at radius 1 is 1.18 bits per heavy atom. The SMILES string of the molecule is Cc1ccc(-c2cnc(CCC(=O)N(C)C(C)c3ccc(Cl)cc3Cl)o2)cc1. The van der Waals surface area contributed by atoms with E-state index in [-0.39, 0.29) is 11.9 Å². The number of benzene rings is 2. The highest BCUT2D eigenvalue weighted by atomic mass is 35.5. The molecule has 1 aromatic heterocycles. The molecule has 0 aliphatic carbocycles. The Labute approximate surface area is 175 Å². The molecule has 4 nitrogen and oxygen atoms in total. The first-order valence-corrected chi connectivity index (χ1v) is 9.83. The van der Waals surface area contributed by atoms with Gasteiger partial charge in [0.05, 0.1) is 12.2 Å². The van der Waals surface area contributed by atoms with Gasteiger partial charge in [-0.1, -0.05) is 59.1 Å². The maximum absolute atomic E-state index is 12.6. The van der Waals surface area contributed by atoms with Crippen LogP contribution in [0.2, 0.25) is 10.0 Å². The number of hydrogen-bond acceptors (Lipinski definition) is 3. The van der Waals surface area contributed by atoms with Crippen LogP contribution in [-0.2, 0) is 11.2 Å². The van der Waals surface area contributed by atoms with Crippen molar-refractivity contribution in [3.8, 4) is 11.3 Å². The first kappa shape index (κ1) is 20.4. The third-order valence-electron chi connectivity index (χ3n) is 4.83. The summed E-state index contributed by atoms with van der Waals surface area (Å²) in [5, 5.41) is 1.12. The van der Waals surface area contributed by atoms with Gasteiger partial charge in [0.2, 0.25) is 5.91 Å². The zero-order chi connectivity index (χ0) is 20.3. The zero-order valence-electron chi connectivity index (χ0n) is 16.1. The van der Waals surface area contributed by atoms with Crippen LogP contribution in [-0.4, -0.2) is 22.8 Å². The Morgan fingerprint density at radius 3 is 2.57 bits per heavy atom. The summed E-state index contributed by atoms with van der Waals surface area (Å²) in [6.07, 6.45) is 2.44. The van der Waals surface area contributed by atoms with Crippen molar-refractivity contribution in [1.29, 1.82) is 0 Å². The summed E-state index contributed by atoms with van der Waals surface area (Å²) in [4.78, 5) is 18.6. The third kappa shape index (κ3) is 4.75. The van der Waals surface area contributed by atoms with Crippen molar-refractivity contribution in [1.82, 2.24) is 9.88 Å². The number of hydrogen-bond donors (Lipinski definition) is 0. The average Bonchev–Trinajstić information content (AvgIpc) is 3.14. The highest BCUT2D eigenvalue weighted by Gasteiger charge is 2.20. The Hall–Kier alpha value is -2.30. The van der Waals surface area contributed by atoms with Crippen molar-refractivity contribution in [3.63, 3.8) is 0 Å². The molecule has 146 valence electrons. The molecule has 1 unspecified atom stereocenters. The zero-order valence-corrected chi connectivity index (χ0v) is 17.6. The van der Waals surface area contributed by atoms with Crippen LogP contribution in [0.4, 0.5) is 0 Å². The number of nitrogens with zero attached hydrogens (tertiary/aromatic N) is 2. The molecule has 2 aromatic carbocycles. The van der Waals surface area contributed by atoms with Crippen LogP contribution in [0.1, 0.15) is 36.4 Å². The Balaban J connectivity index is 1.61. The Bertz CT molecular complexity index is 967. The fraction of sp³-hybridized carbons (Fsp3) is 0.273. The number of carbonyl (C=O) groups excluding carboxylic acids is 1. The molecule has 0 aliphatic rings. The van der Waals surface area contributed by atoms with E-state index < -0.39 is 0 Å². The number of halogens is 2. The lowest BCUT2D eigenvalue weighted by Crippen LogP contribution is -2.30. The molecule has 0 radical (unpaired) electrons. The van der Waals surface area contributed by atoms with E-state index in [2.05, 4.69) is 4.98 Å². The normalized spacial score (nSPS) is 12.0. The molecule has 1 amide bonds. The molecule has 0 spiro atoms. The van der Waals surface area contributed by atoms with Crippen LogP contribution in [0.25, 0.3) is 11.3 Å². The first-order valence-electron chi connectivity index (χ1n) is 9.07. The second-order valence-electron chi connectivity index (χ2n) is 6.83. The summed E-state index contributed by atoms with van der Waals surface area (Å²) < 4.78 is 5.80. The van der Waals surface area contributed by atoms with Crippen LogP contribution in [0.15, 0.2) is 53.1 Å². The highest BCUT2D eigenvalue weighted by Crippen LogP contribution is 2.29. The predicted octanol–water partition coefficient (Wildman–Crippen LogP) is 6.11. The monoisotopic (exact) mass is 416 g/mol. The molecule has 0 bridgehead atoms. The molecule has 0 saturated heterocycles. The Morgan fingerprint density at radius 2 is 1.89 bits per heavy atom. The highest BCUT2D eigenvalue weighted by molar-refractivity contribution is 6.35. The van der Waals surface area contributed by atoms with Gasteiger partial charge in [-0.05, 0) is 31.5 Å². The number of oxazole rings is 1. The summed E-state index contributed by atoms with van der Waals surface area (Å²) in [7, 11) is 1.77. The van der Waals surface area contributed by atoms with E-state index in [1.807, 2.05) is 44.2 Å². The number of aryl methyl sites for hydroxylation is 2. The maximum Gasteiger partial charge on any atom is 0.223 e. The average molecular weight is 417 g/mol. The van der Waals surface area contributed by atoms with Crippen molar-refractivity contribution >= 4 is 29.1 Å². The minimum atomic E-state index is -0.162. The van der Waals surface area contributed by atoms with Gasteiger partial charge in [0.15, 0.2) is 11.7 Å². The van der Waals surface area contributed by atoms with E-state index in [1.54, 1.807) is 30.3 Å². The molecule has 0 saturated carbocycles. The second-order valence-corrected chi connectivity index (χ2v) is 7.67. The number of aromatic nitrogens is 1. The molecule has 1 atom stereocenters. The first-order chi connectivity index (χ1) is 13.3. The van der Waals surface area contributed by atoms with Crippen molar-refractivity contribution in [2.75, 3.05) is 7.05 Å². The predicted molar refractivity (Wildman–Crippen MR) is 113 cm³/mol.